The molecule has 2 aromatic carbocycles. The summed E-state index contributed by atoms with van der Waals surface area (Å²) in [6.45, 7) is 9.04. The minimum absolute atomic E-state index is 0. The topological polar surface area (TPSA) is 75.3 Å². The fraction of sp³-hybridized carbons (Fsp3) is 0.192. The number of Topliss-reactive ketones (excluding diaryl/α,β-unsaturated/α-hetero) is 1. The van der Waals surface area contributed by atoms with Gasteiger partial charge in [0, 0.05) is 0 Å². The Bertz CT molecular complexity index is 901. The van der Waals surface area contributed by atoms with E-state index in [2.05, 4.69) is 23.8 Å². The zero-order valence-electron chi connectivity index (χ0n) is 17.2. The number of hydrogen-bond donors (Lipinski definition) is 2. The fourth-order valence-electron chi connectivity index (χ4n) is 3.38. The van der Waals surface area contributed by atoms with Crippen LogP contribution >= 0.6 is 0 Å². The van der Waals surface area contributed by atoms with Crippen LogP contribution in [0.25, 0.3) is 0 Å². The molecular formula is C26H29FmN2O3-. The third-order valence-corrected chi connectivity index (χ3v) is 4.80. The average molecular weight is 675 g/mol. The molecule has 0 aliphatic carbocycles. The summed E-state index contributed by atoms with van der Waals surface area (Å²) in [6.07, 6.45) is 6.36. The molecule has 6 heteroatoms. The normalized spacial score (nSPS) is 11.6. The Balaban J connectivity index is 0.00000480. The smallest absolute Gasteiger partial charge is 0.223 e. The SMILES string of the molecule is C.C=C/C=C(\C=C)C(NC(=O)CC(N[C-]=O)C(C)=O)(c1ccccc1)c1ccccc1.[Fm]. The average Bonchev–Trinajstić information content (AvgIpc) is 2.77. The van der Waals surface area contributed by atoms with Crippen molar-refractivity contribution in [1.82, 2.24) is 10.6 Å². The number of carbonyl (C=O) groups is 2. The predicted octanol–water partition coefficient (Wildman–Crippen LogP) is 3.99. The molecule has 0 spiro atoms. The zero-order chi connectivity index (χ0) is 22.0. The molecule has 0 saturated carbocycles. The van der Waals surface area contributed by atoms with E-state index in [-0.39, 0.29) is 19.6 Å². The second-order valence-electron chi connectivity index (χ2n) is 6.71. The van der Waals surface area contributed by atoms with E-state index in [9.17, 15) is 14.4 Å². The van der Waals surface area contributed by atoms with Gasteiger partial charge in [0.15, 0.2) is 0 Å². The molecule has 0 fully saturated rings. The van der Waals surface area contributed by atoms with Crippen molar-refractivity contribution in [2.45, 2.75) is 32.4 Å². The molecule has 32 heavy (non-hydrogen) atoms. The Morgan fingerprint density at radius 3 is 1.91 bits per heavy atom. The molecule has 0 radical (unpaired) electrons. The summed E-state index contributed by atoms with van der Waals surface area (Å²) in [6, 6.07) is 18.0. The van der Waals surface area contributed by atoms with Crippen molar-refractivity contribution in [3.05, 3.63) is 109 Å². The summed E-state index contributed by atoms with van der Waals surface area (Å²) in [4.78, 5) is 35.6. The molecule has 2 N–H and O–H groups in total. The van der Waals surface area contributed by atoms with E-state index < -0.39 is 17.5 Å². The van der Waals surface area contributed by atoms with Crippen molar-refractivity contribution in [2.75, 3.05) is 0 Å². The van der Waals surface area contributed by atoms with Crippen LogP contribution in [0.15, 0.2) is 97.6 Å². The van der Waals surface area contributed by atoms with Crippen LogP contribution in [0, 0.1) is 0 Å². The van der Waals surface area contributed by atoms with Gasteiger partial charge in [0.05, 0.1) is 12.5 Å². The van der Waals surface area contributed by atoms with E-state index in [4.69, 9.17) is 0 Å². The second-order valence-corrected chi connectivity index (χ2v) is 6.71. The standard InChI is InChI=1S/C25H25N2O3.CH4.Fm/c1-4-12-20(5-2)25(21-13-8-6-9-14-21,22-15-10-7-11-16-22)27-24(30)17-23(19(3)29)26-18-28;;/h4-16,23H,1-2,17H2,3H3,(H,26,28)(H,27,30);1H4;/q-1;;/b20-12+;;. The molecule has 0 saturated heterocycles. The maximum absolute atomic E-state index is 13.1. The summed E-state index contributed by atoms with van der Waals surface area (Å²) in [7, 11) is 0. The van der Waals surface area contributed by atoms with E-state index in [1.807, 2.05) is 60.7 Å². The van der Waals surface area contributed by atoms with E-state index in [0.717, 1.165) is 11.1 Å². The third-order valence-electron chi connectivity index (χ3n) is 4.80. The minimum Gasteiger partial charge on any atom is -0.521 e. The van der Waals surface area contributed by atoms with Gasteiger partial charge in [-0.1, -0.05) is 99.5 Å². The van der Waals surface area contributed by atoms with Gasteiger partial charge in [0.25, 0.3) is 0 Å². The van der Waals surface area contributed by atoms with Crippen molar-refractivity contribution in [3.8, 4) is 0 Å². The van der Waals surface area contributed by atoms with Crippen molar-refractivity contribution >= 4 is 18.1 Å². The Hall–Kier alpha value is -4.73. The van der Waals surface area contributed by atoms with Gasteiger partial charge in [-0.3, -0.25) is 9.59 Å². The molecule has 1 atom stereocenters. The second kappa shape index (κ2) is 12.8. The third kappa shape index (κ3) is 5.89. The molecule has 5 nitrogen and oxygen atoms in total. The summed E-state index contributed by atoms with van der Waals surface area (Å²) < 4.78 is 0. The zero-order valence-corrected chi connectivity index (χ0v) is 19.6. The first-order chi connectivity index (χ1) is 14.5. The summed E-state index contributed by atoms with van der Waals surface area (Å²) in [5.41, 5.74) is 1.26. The molecule has 2 rings (SSSR count). The van der Waals surface area contributed by atoms with E-state index >= 15 is 0 Å². The van der Waals surface area contributed by atoms with Crippen molar-refractivity contribution in [1.29, 1.82) is 0 Å². The van der Waals surface area contributed by atoms with Crippen molar-refractivity contribution in [2.24, 2.45) is 0 Å². The molecule has 2 amide bonds. The number of nitrogens with one attached hydrogen (secondary N) is 2. The molecule has 2 aromatic rings. The number of rotatable bonds is 11. The minimum atomic E-state index is -1.07. The summed E-state index contributed by atoms with van der Waals surface area (Å²) >= 11 is 0. The quantitative estimate of drug-likeness (QED) is 0.215. The summed E-state index contributed by atoms with van der Waals surface area (Å²) in [5, 5.41) is 5.37. The molecule has 1 unspecified atom stereocenters. The molecular weight excluding hydrogens is 645 g/mol. The Kier molecular flexibility index (Phi) is 10.9. The predicted molar refractivity (Wildman–Crippen MR) is 125 cm³/mol. The van der Waals surface area contributed by atoms with Gasteiger partial charge < -0.3 is 15.4 Å². The number of amides is 2. The fourth-order valence-corrected chi connectivity index (χ4v) is 3.38. The molecule has 0 aromatic heterocycles. The Labute approximate surface area is 184 Å². The molecule has 174 valence electrons. The van der Waals surface area contributed by atoms with Gasteiger partial charge in [-0.15, -0.1) is 0 Å². The number of hydrogen-bond acceptors (Lipinski definition) is 3. The first-order valence-electron chi connectivity index (χ1n) is 9.50. The van der Waals surface area contributed by atoms with Gasteiger partial charge >= 0.3 is 0 Å². The van der Waals surface area contributed by atoms with Crippen molar-refractivity contribution in [3.63, 3.8) is 0 Å². The van der Waals surface area contributed by atoms with Crippen LogP contribution in [0.1, 0.15) is 31.9 Å². The monoisotopic (exact) mass is 674 g/mol. The van der Waals surface area contributed by atoms with E-state index in [1.165, 1.54) is 13.3 Å². The van der Waals surface area contributed by atoms with Gasteiger partial charge in [-0.05, 0) is 23.6 Å². The van der Waals surface area contributed by atoms with E-state index in [0.29, 0.717) is 5.57 Å². The Morgan fingerprint density at radius 2 is 1.53 bits per heavy atom. The van der Waals surface area contributed by atoms with E-state index in [1.54, 1.807) is 18.2 Å². The van der Waals surface area contributed by atoms with Crippen LogP contribution in [-0.2, 0) is 19.9 Å². The first-order valence-corrected chi connectivity index (χ1v) is 9.50. The van der Waals surface area contributed by atoms with Crippen LogP contribution in [-0.4, -0.2) is 24.1 Å². The van der Waals surface area contributed by atoms with Crippen LogP contribution in [0.3, 0.4) is 0 Å². The van der Waals surface area contributed by atoms with Crippen LogP contribution in [0.4, 0.5) is 0 Å². The van der Waals surface area contributed by atoms with Gasteiger partial charge in [0.2, 0.25) is 5.91 Å². The molecule has 0 aliphatic rings. The first kappa shape index (κ1) is 27.3. The maximum Gasteiger partial charge on any atom is 0.223 e. The number of allylic oxidation sites excluding steroid dienone is 2. The van der Waals surface area contributed by atoms with Crippen LogP contribution in [0.5, 0.6) is 0 Å². The molecule has 0 aliphatic heterocycles. The van der Waals surface area contributed by atoms with Crippen LogP contribution in [0.2, 0.25) is 0 Å². The number of benzene rings is 2. The molecule has 0 heterocycles. The van der Waals surface area contributed by atoms with Gasteiger partial charge in [0.1, 0.15) is 11.3 Å². The molecule has 0 bridgehead atoms. The van der Waals surface area contributed by atoms with Gasteiger partial charge in [-0.2, -0.15) is 6.41 Å². The largest absolute Gasteiger partial charge is 0.521 e. The summed E-state index contributed by atoms with van der Waals surface area (Å²) in [5.74, 6) is -0.744. The van der Waals surface area contributed by atoms with Gasteiger partial charge in [-0.25, -0.2) is 0 Å². The van der Waals surface area contributed by atoms with Crippen molar-refractivity contribution < 1.29 is 14.4 Å². The number of ketones is 1. The van der Waals surface area contributed by atoms with Crippen LogP contribution < -0.4 is 10.6 Å². The number of carbonyl (C=O) groups excluding carboxylic acids is 3. The Morgan fingerprint density at radius 1 is 1.03 bits per heavy atom. The maximum atomic E-state index is 13.1.